The standard InChI is InChI=1S/C13H16F3N3OS/c1-8(2)12-17-10(7-21-12)6-19-5-9(3-4-20)11(18-19)13(14,15)16/h5,7-8,20H,3-4,6H2,1-2H3. The van der Waals surface area contributed by atoms with Crippen LogP contribution in [0.5, 0.6) is 0 Å². The van der Waals surface area contributed by atoms with Gasteiger partial charge in [-0.2, -0.15) is 18.3 Å². The van der Waals surface area contributed by atoms with Crippen molar-refractivity contribution in [2.75, 3.05) is 6.61 Å². The number of aliphatic hydroxyl groups is 1. The van der Waals surface area contributed by atoms with Crippen LogP contribution in [-0.2, 0) is 19.1 Å². The fourth-order valence-corrected chi connectivity index (χ4v) is 2.74. The molecule has 2 aromatic heterocycles. The Morgan fingerprint density at radius 2 is 2.10 bits per heavy atom. The first kappa shape index (κ1) is 16.0. The van der Waals surface area contributed by atoms with Crippen molar-refractivity contribution in [3.05, 3.63) is 33.5 Å². The van der Waals surface area contributed by atoms with Crippen LogP contribution < -0.4 is 0 Å². The Labute approximate surface area is 124 Å². The SMILES string of the molecule is CC(C)c1nc(Cn2cc(CCO)c(C(F)(F)F)n2)cs1. The molecule has 0 fully saturated rings. The van der Waals surface area contributed by atoms with E-state index < -0.39 is 11.9 Å². The highest BCUT2D eigenvalue weighted by atomic mass is 32.1. The van der Waals surface area contributed by atoms with Crippen LogP contribution >= 0.6 is 11.3 Å². The van der Waals surface area contributed by atoms with Crippen molar-refractivity contribution >= 4 is 11.3 Å². The molecule has 0 aromatic carbocycles. The third kappa shape index (κ3) is 3.82. The summed E-state index contributed by atoms with van der Waals surface area (Å²) in [7, 11) is 0. The summed E-state index contributed by atoms with van der Waals surface area (Å²) in [4.78, 5) is 4.38. The molecule has 0 bridgehead atoms. The maximum absolute atomic E-state index is 12.9. The molecule has 8 heteroatoms. The lowest BCUT2D eigenvalue weighted by Crippen LogP contribution is -2.11. The zero-order valence-electron chi connectivity index (χ0n) is 11.7. The van der Waals surface area contributed by atoms with E-state index >= 15 is 0 Å². The van der Waals surface area contributed by atoms with Gasteiger partial charge in [0.1, 0.15) is 0 Å². The number of alkyl halides is 3. The van der Waals surface area contributed by atoms with E-state index in [9.17, 15) is 13.2 Å². The molecule has 0 radical (unpaired) electrons. The van der Waals surface area contributed by atoms with Crippen molar-refractivity contribution in [3.8, 4) is 0 Å². The Balaban J connectivity index is 2.23. The largest absolute Gasteiger partial charge is 0.435 e. The van der Waals surface area contributed by atoms with E-state index in [4.69, 9.17) is 5.11 Å². The molecule has 2 rings (SSSR count). The van der Waals surface area contributed by atoms with Gasteiger partial charge in [-0.15, -0.1) is 11.3 Å². The highest BCUT2D eigenvalue weighted by Gasteiger charge is 2.36. The summed E-state index contributed by atoms with van der Waals surface area (Å²) in [6, 6.07) is 0. The molecule has 2 heterocycles. The topological polar surface area (TPSA) is 50.9 Å². The number of aromatic nitrogens is 3. The molecule has 0 aliphatic heterocycles. The van der Waals surface area contributed by atoms with Gasteiger partial charge in [0.2, 0.25) is 0 Å². The average Bonchev–Trinajstić information content (AvgIpc) is 2.96. The minimum atomic E-state index is -4.51. The van der Waals surface area contributed by atoms with Gasteiger partial charge in [-0.25, -0.2) is 4.98 Å². The lowest BCUT2D eigenvalue weighted by molar-refractivity contribution is -0.142. The first-order valence-electron chi connectivity index (χ1n) is 6.50. The van der Waals surface area contributed by atoms with Crippen molar-refractivity contribution in [1.29, 1.82) is 0 Å². The lowest BCUT2D eigenvalue weighted by atomic mass is 10.2. The molecule has 0 saturated heterocycles. The number of hydrogen-bond acceptors (Lipinski definition) is 4. The molecule has 0 aliphatic rings. The molecule has 0 aliphatic carbocycles. The van der Waals surface area contributed by atoms with E-state index in [0.717, 1.165) is 5.01 Å². The van der Waals surface area contributed by atoms with Crippen LogP contribution in [0, 0.1) is 0 Å². The molecule has 0 unspecified atom stereocenters. The maximum Gasteiger partial charge on any atom is 0.435 e. The predicted molar refractivity (Wildman–Crippen MR) is 73.3 cm³/mol. The Morgan fingerprint density at radius 1 is 1.38 bits per heavy atom. The molecular formula is C13H16F3N3OS. The number of halogens is 3. The molecular weight excluding hydrogens is 303 g/mol. The molecule has 116 valence electrons. The van der Waals surface area contributed by atoms with Crippen LogP contribution in [0.25, 0.3) is 0 Å². The van der Waals surface area contributed by atoms with Crippen molar-refractivity contribution in [3.63, 3.8) is 0 Å². The van der Waals surface area contributed by atoms with E-state index in [1.54, 1.807) is 0 Å². The van der Waals surface area contributed by atoms with E-state index in [1.807, 2.05) is 19.2 Å². The molecule has 0 atom stereocenters. The normalized spacial score (nSPS) is 12.3. The second kappa shape index (κ2) is 6.15. The van der Waals surface area contributed by atoms with Gasteiger partial charge < -0.3 is 5.11 Å². The Morgan fingerprint density at radius 3 is 2.62 bits per heavy atom. The van der Waals surface area contributed by atoms with Gasteiger partial charge in [0.05, 0.1) is 17.2 Å². The number of nitrogens with zero attached hydrogens (tertiary/aromatic N) is 3. The van der Waals surface area contributed by atoms with Crippen LogP contribution in [0.3, 0.4) is 0 Å². The van der Waals surface area contributed by atoms with Gasteiger partial charge in [0.15, 0.2) is 5.69 Å². The summed E-state index contributed by atoms with van der Waals surface area (Å²) in [5, 5.41) is 15.2. The van der Waals surface area contributed by atoms with Gasteiger partial charge >= 0.3 is 6.18 Å². The molecule has 0 amide bonds. The van der Waals surface area contributed by atoms with Crippen molar-refractivity contribution in [1.82, 2.24) is 14.8 Å². The predicted octanol–water partition coefficient (Wildman–Crippen LogP) is 3.06. The summed E-state index contributed by atoms with van der Waals surface area (Å²) in [5.41, 5.74) is -0.240. The zero-order valence-corrected chi connectivity index (χ0v) is 12.5. The summed E-state index contributed by atoms with van der Waals surface area (Å²) in [5.74, 6) is 0.289. The van der Waals surface area contributed by atoms with Gasteiger partial charge in [-0.3, -0.25) is 4.68 Å². The third-order valence-electron chi connectivity index (χ3n) is 2.87. The van der Waals surface area contributed by atoms with Gasteiger partial charge in [-0.1, -0.05) is 13.8 Å². The van der Waals surface area contributed by atoms with Crippen LogP contribution in [-0.4, -0.2) is 26.5 Å². The first-order chi connectivity index (χ1) is 9.81. The van der Waals surface area contributed by atoms with Gasteiger partial charge in [0, 0.05) is 29.7 Å². The zero-order chi connectivity index (χ0) is 15.6. The minimum absolute atomic E-state index is 0.00399. The number of aliphatic hydroxyl groups excluding tert-OH is 1. The Bertz CT molecular complexity index is 604. The Hall–Kier alpha value is -1.41. The summed E-state index contributed by atoms with van der Waals surface area (Å²) in [6.07, 6.45) is -3.25. The molecule has 2 aromatic rings. The second-order valence-corrected chi connectivity index (χ2v) is 5.89. The Kier molecular flexibility index (Phi) is 4.67. The smallest absolute Gasteiger partial charge is 0.396 e. The third-order valence-corrected chi connectivity index (χ3v) is 4.07. The number of hydrogen-bond donors (Lipinski definition) is 1. The molecule has 21 heavy (non-hydrogen) atoms. The summed E-state index contributed by atoms with van der Waals surface area (Å²) >= 11 is 1.49. The quantitative estimate of drug-likeness (QED) is 0.921. The fraction of sp³-hybridized carbons (Fsp3) is 0.538. The highest BCUT2D eigenvalue weighted by molar-refractivity contribution is 7.09. The molecule has 4 nitrogen and oxygen atoms in total. The highest BCUT2D eigenvalue weighted by Crippen LogP contribution is 2.31. The lowest BCUT2D eigenvalue weighted by Gasteiger charge is -2.04. The minimum Gasteiger partial charge on any atom is -0.396 e. The van der Waals surface area contributed by atoms with Crippen LogP contribution in [0.15, 0.2) is 11.6 Å². The number of thiazole rings is 1. The van der Waals surface area contributed by atoms with E-state index in [1.165, 1.54) is 22.2 Å². The van der Waals surface area contributed by atoms with E-state index in [0.29, 0.717) is 5.69 Å². The van der Waals surface area contributed by atoms with Crippen LogP contribution in [0.4, 0.5) is 13.2 Å². The van der Waals surface area contributed by atoms with Crippen molar-refractivity contribution in [2.24, 2.45) is 0 Å². The van der Waals surface area contributed by atoms with E-state index in [2.05, 4.69) is 10.1 Å². The first-order valence-corrected chi connectivity index (χ1v) is 7.38. The van der Waals surface area contributed by atoms with Crippen LogP contribution in [0.1, 0.15) is 41.7 Å². The van der Waals surface area contributed by atoms with Crippen molar-refractivity contribution in [2.45, 2.75) is 38.9 Å². The fourth-order valence-electron chi connectivity index (χ4n) is 1.91. The maximum atomic E-state index is 12.9. The van der Waals surface area contributed by atoms with Gasteiger partial charge in [0.25, 0.3) is 0 Å². The van der Waals surface area contributed by atoms with Gasteiger partial charge in [-0.05, 0) is 6.42 Å². The molecule has 1 N–H and O–H groups in total. The summed E-state index contributed by atoms with van der Waals surface area (Å²) < 4.78 is 39.8. The molecule has 0 saturated carbocycles. The molecule has 0 spiro atoms. The van der Waals surface area contributed by atoms with Crippen LogP contribution in [0.2, 0.25) is 0 Å². The average molecular weight is 319 g/mol. The monoisotopic (exact) mass is 319 g/mol. The van der Waals surface area contributed by atoms with E-state index in [-0.39, 0.29) is 31.1 Å². The number of rotatable bonds is 5. The second-order valence-electron chi connectivity index (χ2n) is 5.00. The summed E-state index contributed by atoms with van der Waals surface area (Å²) in [6.45, 7) is 3.87. The van der Waals surface area contributed by atoms with Crippen molar-refractivity contribution < 1.29 is 18.3 Å².